The first-order valence-electron chi connectivity index (χ1n) is 6.45. The van der Waals surface area contributed by atoms with Crippen LogP contribution in [0.4, 0.5) is 0 Å². The molecule has 0 bridgehead atoms. The maximum Gasteiger partial charge on any atom is 0.265 e. The van der Waals surface area contributed by atoms with Crippen LogP contribution in [0.15, 0.2) is 34.8 Å². The molecule has 23 heavy (non-hydrogen) atoms. The zero-order chi connectivity index (χ0) is 17.1. The number of benzene rings is 1. The molecule has 2 N–H and O–H groups in total. The number of nitrogens with one attached hydrogen (secondary N) is 1. The molecular weight excluding hydrogens is 384 g/mol. The topological polar surface area (TPSA) is 78.9 Å². The number of phenolic OH excluding ortho intramolecular Hbond substituents is 1. The van der Waals surface area contributed by atoms with Gasteiger partial charge in [0.2, 0.25) is 0 Å². The molecule has 0 radical (unpaired) electrons. The molecule has 0 spiro atoms. The summed E-state index contributed by atoms with van der Waals surface area (Å²) in [7, 11) is 1.40. The van der Waals surface area contributed by atoms with Gasteiger partial charge in [0.05, 0.1) is 11.6 Å². The first kappa shape index (κ1) is 17.2. The number of halogens is 1. The average molecular weight is 397 g/mol. The summed E-state index contributed by atoms with van der Waals surface area (Å²) in [5, 5.41) is 12.3. The van der Waals surface area contributed by atoms with Gasteiger partial charge in [-0.15, -0.1) is 6.58 Å². The Morgan fingerprint density at radius 1 is 1.48 bits per heavy atom. The number of hydrogen-bond donors (Lipinski definition) is 2. The average Bonchev–Trinajstić information content (AvgIpc) is 2.51. The van der Waals surface area contributed by atoms with Gasteiger partial charge in [0.15, 0.2) is 16.6 Å². The highest BCUT2D eigenvalue weighted by Gasteiger charge is 2.32. The Bertz CT molecular complexity index is 745. The van der Waals surface area contributed by atoms with Crippen molar-refractivity contribution in [2.75, 3.05) is 13.7 Å². The van der Waals surface area contributed by atoms with E-state index in [9.17, 15) is 14.7 Å². The third-order valence-electron chi connectivity index (χ3n) is 3.08. The summed E-state index contributed by atoms with van der Waals surface area (Å²) < 4.78 is 5.43. The summed E-state index contributed by atoms with van der Waals surface area (Å²) in [5.74, 6) is -0.942. The van der Waals surface area contributed by atoms with Crippen molar-refractivity contribution in [1.82, 2.24) is 10.2 Å². The molecule has 120 valence electrons. The van der Waals surface area contributed by atoms with Gasteiger partial charge in [-0.1, -0.05) is 6.08 Å². The fraction of sp³-hybridized carbons (Fsp3) is 0.133. The molecule has 2 rings (SSSR count). The number of amides is 2. The molecule has 0 atom stereocenters. The first-order valence-corrected chi connectivity index (χ1v) is 7.65. The molecule has 1 aliphatic heterocycles. The van der Waals surface area contributed by atoms with Crippen molar-refractivity contribution < 1.29 is 19.4 Å². The van der Waals surface area contributed by atoms with E-state index in [1.54, 1.807) is 6.07 Å². The second kappa shape index (κ2) is 6.93. The van der Waals surface area contributed by atoms with E-state index in [-0.39, 0.29) is 28.7 Å². The quantitative estimate of drug-likeness (QED) is 0.352. The summed E-state index contributed by atoms with van der Waals surface area (Å²) in [5.41, 5.74) is 0.441. The number of ether oxygens (including phenoxy) is 1. The molecule has 0 aliphatic carbocycles. The molecule has 1 fully saturated rings. The van der Waals surface area contributed by atoms with Crippen molar-refractivity contribution in [3.05, 3.63) is 40.4 Å². The van der Waals surface area contributed by atoms with Crippen LogP contribution in [-0.2, 0) is 9.59 Å². The number of methoxy groups -OCH3 is 1. The van der Waals surface area contributed by atoms with Crippen LogP contribution in [0.5, 0.6) is 11.5 Å². The maximum atomic E-state index is 12.4. The van der Waals surface area contributed by atoms with Crippen LogP contribution < -0.4 is 10.1 Å². The molecule has 1 aromatic carbocycles. The summed E-state index contributed by atoms with van der Waals surface area (Å²) in [6.45, 7) is 3.75. The number of carbonyl (C=O) groups excluding carboxylic acids is 2. The van der Waals surface area contributed by atoms with Gasteiger partial charge in [-0.2, -0.15) is 0 Å². The molecular formula is C15H13BrN2O4S. The minimum absolute atomic E-state index is 0.0431. The predicted molar refractivity (Wildman–Crippen MR) is 93.0 cm³/mol. The van der Waals surface area contributed by atoms with Crippen LogP contribution in [-0.4, -0.2) is 40.6 Å². The van der Waals surface area contributed by atoms with E-state index in [1.165, 1.54) is 30.2 Å². The zero-order valence-corrected chi connectivity index (χ0v) is 14.5. The smallest absolute Gasteiger partial charge is 0.265 e. The third-order valence-corrected chi connectivity index (χ3v) is 4.01. The lowest BCUT2D eigenvalue weighted by atomic mass is 10.1. The van der Waals surface area contributed by atoms with Gasteiger partial charge in [-0.25, -0.2) is 0 Å². The Kier molecular flexibility index (Phi) is 5.17. The van der Waals surface area contributed by atoms with Gasteiger partial charge in [0.25, 0.3) is 11.8 Å². The maximum absolute atomic E-state index is 12.4. The normalized spacial score (nSPS) is 16.5. The molecule has 1 aromatic rings. The Morgan fingerprint density at radius 3 is 2.78 bits per heavy atom. The van der Waals surface area contributed by atoms with Crippen molar-refractivity contribution in [3.8, 4) is 11.5 Å². The van der Waals surface area contributed by atoms with E-state index in [4.69, 9.17) is 17.0 Å². The lowest BCUT2D eigenvalue weighted by Crippen LogP contribution is -2.53. The van der Waals surface area contributed by atoms with E-state index < -0.39 is 11.8 Å². The predicted octanol–water partition coefficient (Wildman–Crippen LogP) is 1.98. The molecule has 8 heteroatoms. The SMILES string of the molecule is C=CCN1C(=O)C(=Cc2cc(Br)c(O)c(OC)c2)C(=O)NC1=S. The molecule has 1 heterocycles. The molecule has 1 aliphatic rings. The first-order chi connectivity index (χ1) is 10.9. The number of phenols is 1. The summed E-state index contributed by atoms with van der Waals surface area (Å²) >= 11 is 8.17. The van der Waals surface area contributed by atoms with Gasteiger partial charge >= 0.3 is 0 Å². The monoisotopic (exact) mass is 396 g/mol. The van der Waals surface area contributed by atoms with E-state index >= 15 is 0 Å². The van der Waals surface area contributed by atoms with Crippen LogP contribution in [0.1, 0.15) is 5.56 Å². The molecule has 2 amide bonds. The van der Waals surface area contributed by atoms with Crippen molar-refractivity contribution in [3.63, 3.8) is 0 Å². The lowest BCUT2D eigenvalue weighted by Gasteiger charge is -2.27. The highest BCUT2D eigenvalue weighted by molar-refractivity contribution is 9.10. The standard InChI is InChI=1S/C15H13BrN2O4S/c1-3-4-18-14(21)9(13(20)17-15(18)23)5-8-6-10(16)12(19)11(7-8)22-2/h3,5-7,19H,1,4H2,2H3,(H,17,20,23). The zero-order valence-electron chi connectivity index (χ0n) is 12.1. The van der Waals surface area contributed by atoms with Crippen molar-refractivity contribution in [1.29, 1.82) is 0 Å². The van der Waals surface area contributed by atoms with Crippen molar-refractivity contribution >= 4 is 51.2 Å². The highest BCUT2D eigenvalue weighted by Crippen LogP contribution is 2.36. The summed E-state index contributed by atoms with van der Waals surface area (Å²) in [6.07, 6.45) is 2.92. The van der Waals surface area contributed by atoms with Crippen LogP contribution in [0, 0.1) is 0 Å². The molecule has 0 saturated carbocycles. The van der Waals surface area contributed by atoms with E-state index in [0.29, 0.717) is 10.0 Å². The highest BCUT2D eigenvalue weighted by atomic mass is 79.9. The van der Waals surface area contributed by atoms with Gasteiger partial charge in [0.1, 0.15) is 5.57 Å². The van der Waals surface area contributed by atoms with Crippen LogP contribution in [0.2, 0.25) is 0 Å². The van der Waals surface area contributed by atoms with Gasteiger partial charge in [-0.05, 0) is 51.9 Å². The Hall–Kier alpha value is -2.19. The van der Waals surface area contributed by atoms with Crippen molar-refractivity contribution in [2.24, 2.45) is 0 Å². The number of aromatic hydroxyl groups is 1. The molecule has 0 aromatic heterocycles. The summed E-state index contributed by atoms with van der Waals surface area (Å²) in [4.78, 5) is 25.7. The summed E-state index contributed by atoms with van der Waals surface area (Å²) in [6, 6.07) is 3.08. The Balaban J connectivity index is 2.46. The minimum atomic E-state index is -0.580. The van der Waals surface area contributed by atoms with E-state index in [0.717, 1.165) is 0 Å². The number of hydrogen-bond acceptors (Lipinski definition) is 5. The molecule has 6 nitrogen and oxygen atoms in total. The van der Waals surface area contributed by atoms with Crippen LogP contribution in [0.3, 0.4) is 0 Å². The number of carbonyl (C=O) groups is 2. The Labute approximate surface area is 146 Å². The second-order valence-electron chi connectivity index (χ2n) is 4.58. The second-order valence-corrected chi connectivity index (χ2v) is 5.82. The number of thiocarbonyl (C=S) groups is 1. The fourth-order valence-electron chi connectivity index (χ4n) is 1.99. The van der Waals surface area contributed by atoms with Gasteiger partial charge in [0, 0.05) is 6.54 Å². The van der Waals surface area contributed by atoms with Gasteiger partial charge in [-0.3, -0.25) is 19.8 Å². The Morgan fingerprint density at radius 2 is 2.17 bits per heavy atom. The van der Waals surface area contributed by atoms with Crippen LogP contribution >= 0.6 is 28.1 Å². The molecule has 0 unspecified atom stereocenters. The lowest BCUT2D eigenvalue weighted by molar-refractivity contribution is -0.128. The third kappa shape index (κ3) is 3.43. The van der Waals surface area contributed by atoms with E-state index in [2.05, 4.69) is 27.8 Å². The number of nitrogens with zero attached hydrogens (tertiary/aromatic N) is 1. The van der Waals surface area contributed by atoms with Gasteiger partial charge < -0.3 is 9.84 Å². The molecule has 1 saturated heterocycles. The largest absolute Gasteiger partial charge is 0.503 e. The van der Waals surface area contributed by atoms with Crippen LogP contribution in [0.25, 0.3) is 6.08 Å². The minimum Gasteiger partial charge on any atom is -0.503 e. The van der Waals surface area contributed by atoms with Crippen molar-refractivity contribution in [2.45, 2.75) is 0 Å². The fourth-order valence-corrected chi connectivity index (χ4v) is 2.70. The number of rotatable bonds is 4. The van der Waals surface area contributed by atoms with E-state index in [1.807, 2.05) is 0 Å².